The standard InChI is InChI=1S/C18H24/c1-5-10-17(15(4)6-2)13-14-18-12-9-8-11-16(18)7-3/h5-6,8-12H,2,7,13-14H2,1,3-4H3/b10-5-,17-15+. The lowest BCUT2D eigenvalue weighted by molar-refractivity contribution is 0.927. The molecule has 1 aromatic carbocycles. The van der Waals surface area contributed by atoms with E-state index in [2.05, 4.69) is 63.8 Å². The normalized spacial score (nSPS) is 12.6. The molecular weight excluding hydrogens is 216 g/mol. The molecule has 1 rings (SSSR count). The van der Waals surface area contributed by atoms with Gasteiger partial charge in [0.1, 0.15) is 0 Å². The Labute approximate surface area is 112 Å². The van der Waals surface area contributed by atoms with Gasteiger partial charge in [-0.25, -0.2) is 0 Å². The van der Waals surface area contributed by atoms with Crippen molar-refractivity contribution in [2.45, 2.75) is 40.0 Å². The van der Waals surface area contributed by atoms with Crippen molar-refractivity contribution in [1.29, 1.82) is 0 Å². The molecule has 0 amide bonds. The molecule has 96 valence electrons. The van der Waals surface area contributed by atoms with Crippen LogP contribution in [0.1, 0.15) is 38.3 Å². The Balaban J connectivity index is 2.83. The summed E-state index contributed by atoms with van der Waals surface area (Å²) in [5.41, 5.74) is 5.60. The SMILES string of the molecule is C=C/C(C)=C(\C=C/C)CCc1ccccc1CC. The number of hydrogen-bond donors (Lipinski definition) is 0. The van der Waals surface area contributed by atoms with Gasteiger partial charge >= 0.3 is 0 Å². The van der Waals surface area contributed by atoms with Crippen molar-refractivity contribution in [2.75, 3.05) is 0 Å². The number of hydrogen-bond acceptors (Lipinski definition) is 0. The molecule has 0 heteroatoms. The molecule has 0 N–H and O–H groups in total. The van der Waals surface area contributed by atoms with Gasteiger partial charge < -0.3 is 0 Å². The topological polar surface area (TPSA) is 0 Å². The number of aryl methyl sites for hydroxylation is 2. The highest BCUT2D eigenvalue weighted by atomic mass is 14.1. The molecule has 0 spiro atoms. The largest absolute Gasteiger partial charge is 0.0988 e. The maximum Gasteiger partial charge on any atom is -0.0235 e. The molecule has 1 aromatic rings. The van der Waals surface area contributed by atoms with Crippen LogP contribution in [0.3, 0.4) is 0 Å². The average molecular weight is 240 g/mol. The quantitative estimate of drug-likeness (QED) is 0.595. The minimum absolute atomic E-state index is 1.08. The molecule has 0 atom stereocenters. The van der Waals surface area contributed by atoms with E-state index in [9.17, 15) is 0 Å². The summed E-state index contributed by atoms with van der Waals surface area (Å²) in [5.74, 6) is 0. The van der Waals surface area contributed by atoms with E-state index in [1.807, 2.05) is 6.08 Å². The number of allylic oxidation sites excluding steroid dienone is 5. The Hall–Kier alpha value is -1.56. The zero-order valence-corrected chi connectivity index (χ0v) is 11.9. The first-order valence-electron chi connectivity index (χ1n) is 6.74. The van der Waals surface area contributed by atoms with Crippen LogP contribution in [-0.4, -0.2) is 0 Å². The maximum absolute atomic E-state index is 3.86. The summed E-state index contributed by atoms with van der Waals surface area (Å²) in [7, 11) is 0. The third-order valence-electron chi connectivity index (χ3n) is 3.34. The first kappa shape index (κ1) is 14.5. The summed E-state index contributed by atoms with van der Waals surface area (Å²) in [5, 5.41) is 0. The Kier molecular flexibility index (Phi) is 6.21. The predicted molar refractivity (Wildman–Crippen MR) is 81.9 cm³/mol. The Bertz CT molecular complexity index is 447. The fourth-order valence-electron chi connectivity index (χ4n) is 2.16. The van der Waals surface area contributed by atoms with Gasteiger partial charge in [-0.3, -0.25) is 0 Å². The van der Waals surface area contributed by atoms with Crippen molar-refractivity contribution in [2.24, 2.45) is 0 Å². The van der Waals surface area contributed by atoms with Crippen LogP contribution >= 0.6 is 0 Å². The number of benzene rings is 1. The smallest absolute Gasteiger partial charge is 0.0235 e. The first-order valence-corrected chi connectivity index (χ1v) is 6.74. The van der Waals surface area contributed by atoms with Crippen LogP contribution in [0, 0.1) is 0 Å². The van der Waals surface area contributed by atoms with Crippen LogP contribution in [0.15, 0.2) is 60.2 Å². The third kappa shape index (κ3) is 4.03. The van der Waals surface area contributed by atoms with Crippen molar-refractivity contribution in [3.05, 3.63) is 71.3 Å². The zero-order valence-electron chi connectivity index (χ0n) is 11.9. The lowest BCUT2D eigenvalue weighted by Gasteiger charge is -2.09. The fraction of sp³-hybridized carbons (Fsp3) is 0.333. The number of rotatable bonds is 6. The summed E-state index contributed by atoms with van der Waals surface area (Å²) >= 11 is 0. The molecule has 0 aliphatic carbocycles. The van der Waals surface area contributed by atoms with E-state index in [0.717, 1.165) is 19.3 Å². The van der Waals surface area contributed by atoms with Crippen LogP contribution in [0.5, 0.6) is 0 Å². The van der Waals surface area contributed by atoms with Crippen LogP contribution in [0.25, 0.3) is 0 Å². The Morgan fingerprint density at radius 2 is 1.89 bits per heavy atom. The van der Waals surface area contributed by atoms with Crippen molar-refractivity contribution in [3.8, 4) is 0 Å². The highest BCUT2D eigenvalue weighted by Crippen LogP contribution is 2.18. The molecule has 0 nitrogen and oxygen atoms in total. The van der Waals surface area contributed by atoms with Gasteiger partial charge in [-0.05, 0) is 55.4 Å². The van der Waals surface area contributed by atoms with E-state index >= 15 is 0 Å². The molecule has 0 aliphatic rings. The molecule has 0 radical (unpaired) electrons. The summed E-state index contributed by atoms with van der Waals surface area (Å²) in [4.78, 5) is 0. The molecule has 0 fully saturated rings. The summed E-state index contributed by atoms with van der Waals surface area (Å²) in [6.07, 6.45) is 9.55. The average Bonchev–Trinajstić information content (AvgIpc) is 2.42. The summed E-state index contributed by atoms with van der Waals surface area (Å²) in [6.45, 7) is 10.3. The minimum Gasteiger partial charge on any atom is -0.0988 e. The second-order valence-electron chi connectivity index (χ2n) is 4.53. The predicted octanol–water partition coefficient (Wildman–Crippen LogP) is 5.26. The van der Waals surface area contributed by atoms with E-state index in [1.54, 1.807) is 0 Å². The van der Waals surface area contributed by atoms with Crippen LogP contribution in [0.2, 0.25) is 0 Å². The third-order valence-corrected chi connectivity index (χ3v) is 3.34. The first-order chi connectivity index (χ1) is 8.72. The maximum atomic E-state index is 3.86. The summed E-state index contributed by atoms with van der Waals surface area (Å²) < 4.78 is 0. The van der Waals surface area contributed by atoms with Crippen LogP contribution in [-0.2, 0) is 12.8 Å². The second-order valence-corrected chi connectivity index (χ2v) is 4.53. The van der Waals surface area contributed by atoms with Crippen molar-refractivity contribution in [3.63, 3.8) is 0 Å². The van der Waals surface area contributed by atoms with E-state index in [-0.39, 0.29) is 0 Å². The van der Waals surface area contributed by atoms with E-state index in [4.69, 9.17) is 0 Å². The van der Waals surface area contributed by atoms with Gasteiger partial charge in [0.25, 0.3) is 0 Å². The fourth-order valence-corrected chi connectivity index (χ4v) is 2.16. The zero-order chi connectivity index (χ0) is 13.4. The monoisotopic (exact) mass is 240 g/mol. The summed E-state index contributed by atoms with van der Waals surface area (Å²) in [6, 6.07) is 8.73. The highest BCUT2D eigenvalue weighted by Gasteiger charge is 2.02. The lowest BCUT2D eigenvalue weighted by atomic mass is 9.96. The van der Waals surface area contributed by atoms with Gasteiger partial charge in [-0.2, -0.15) is 0 Å². The molecule has 0 heterocycles. The molecule has 0 unspecified atom stereocenters. The van der Waals surface area contributed by atoms with Crippen LogP contribution in [0.4, 0.5) is 0 Å². The van der Waals surface area contributed by atoms with Gasteiger partial charge in [0.15, 0.2) is 0 Å². The van der Waals surface area contributed by atoms with E-state index in [1.165, 1.54) is 22.3 Å². The molecule has 18 heavy (non-hydrogen) atoms. The second kappa shape index (κ2) is 7.71. The van der Waals surface area contributed by atoms with Crippen molar-refractivity contribution < 1.29 is 0 Å². The lowest BCUT2D eigenvalue weighted by Crippen LogP contribution is -1.94. The molecule has 0 saturated carbocycles. The van der Waals surface area contributed by atoms with Crippen molar-refractivity contribution in [1.82, 2.24) is 0 Å². The van der Waals surface area contributed by atoms with Gasteiger partial charge in [0, 0.05) is 0 Å². The highest BCUT2D eigenvalue weighted by molar-refractivity contribution is 5.33. The Morgan fingerprint density at radius 3 is 2.44 bits per heavy atom. The van der Waals surface area contributed by atoms with Gasteiger partial charge in [-0.1, -0.05) is 56.0 Å². The van der Waals surface area contributed by atoms with E-state index < -0.39 is 0 Å². The van der Waals surface area contributed by atoms with Gasteiger partial charge in [-0.15, -0.1) is 0 Å². The van der Waals surface area contributed by atoms with Crippen molar-refractivity contribution >= 4 is 0 Å². The Morgan fingerprint density at radius 1 is 1.22 bits per heavy atom. The molecule has 0 aliphatic heterocycles. The van der Waals surface area contributed by atoms with Gasteiger partial charge in [0.2, 0.25) is 0 Å². The van der Waals surface area contributed by atoms with Gasteiger partial charge in [0.05, 0.1) is 0 Å². The molecule has 0 saturated heterocycles. The molecule has 0 aromatic heterocycles. The molecule has 0 bridgehead atoms. The minimum atomic E-state index is 1.08. The molecular formula is C18H24. The van der Waals surface area contributed by atoms with Crippen LogP contribution < -0.4 is 0 Å². The van der Waals surface area contributed by atoms with E-state index in [0.29, 0.717) is 0 Å².